The molecule has 0 unspecified atom stereocenters. The first-order chi connectivity index (χ1) is 18.8. The van der Waals surface area contributed by atoms with Crippen LogP contribution in [0.2, 0.25) is 5.02 Å². The molecule has 0 spiro atoms. The fraction of sp³-hybridized carbons (Fsp3) is 0.308. The van der Waals surface area contributed by atoms with Crippen molar-refractivity contribution in [3.05, 3.63) is 64.6 Å². The standard InChI is InChI=1S/C26H26ClF2N7O3/c1-35-20(18-4-5-21(39-13-6-30)23(29)22(18)28)15-33-24(35)26(38)34-16-2-3-17(19(27)14-16)25(37)32-9-12-36-10-7-31-8-11-36/h2-5,14-15,31H,7-13H2,1H3,(H,32,37)(H,34,38). The Morgan fingerprint density at radius 3 is 2.67 bits per heavy atom. The summed E-state index contributed by atoms with van der Waals surface area (Å²) >= 11 is 6.32. The van der Waals surface area contributed by atoms with Crippen molar-refractivity contribution < 1.29 is 23.1 Å². The average Bonchev–Trinajstić information content (AvgIpc) is 3.31. The summed E-state index contributed by atoms with van der Waals surface area (Å²) < 4.78 is 35.3. The maximum absolute atomic E-state index is 14.7. The van der Waals surface area contributed by atoms with Gasteiger partial charge in [-0.1, -0.05) is 11.6 Å². The van der Waals surface area contributed by atoms with Crippen LogP contribution < -0.4 is 20.7 Å². The Labute approximate surface area is 228 Å². The molecule has 1 aliphatic rings. The van der Waals surface area contributed by atoms with Crippen molar-refractivity contribution in [3.8, 4) is 23.1 Å². The molecule has 1 aromatic heterocycles. The van der Waals surface area contributed by atoms with Gasteiger partial charge in [-0.2, -0.15) is 9.65 Å². The van der Waals surface area contributed by atoms with Gasteiger partial charge < -0.3 is 25.3 Å². The average molecular weight is 558 g/mol. The summed E-state index contributed by atoms with van der Waals surface area (Å²) in [5.41, 5.74) is 0.604. The third kappa shape index (κ3) is 6.51. The summed E-state index contributed by atoms with van der Waals surface area (Å²) in [5, 5.41) is 17.5. The van der Waals surface area contributed by atoms with Crippen LogP contribution in [0.4, 0.5) is 14.5 Å². The van der Waals surface area contributed by atoms with Crippen LogP contribution in [0.25, 0.3) is 11.3 Å². The van der Waals surface area contributed by atoms with Crippen molar-refractivity contribution in [2.45, 2.75) is 0 Å². The summed E-state index contributed by atoms with van der Waals surface area (Å²) in [6.07, 6.45) is 1.24. The molecule has 4 rings (SSSR count). The van der Waals surface area contributed by atoms with Gasteiger partial charge in [0.1, 0.15) is 6.07 Å². The van der Waals surface area contributed by atoms with Crippen LogP contribution in [-0.4, -0.2) is 72.1 Å². The van der Waals surface area contributed by atoms with Crippen LogP contribution in [0.3, 0.4) is 0 Å². The first-order valence-electron chi connectivity index (χ1n) is 12.1. The molecule has 2 aromatic carbocycles. The van der Waals surface area contributed by atoms with Crippen molar-refractivity contribution in [2.24, 2.45) is 7.05 Å². The van der Waals surface area contributed by atoms with Crippen LogP contribution in [0, 0.1) is 23.0 Å². The van der Waals surface area contributed by atoms with Gasteiger partial charge in [-0.25, -0.2) is 9.37 Å². The Morgan fingerprint density at radius 2 is 1.95 bits per heavy atom. The minimum absolute atomic E-state index is 0.0690. The highest BCUT2D eigenvalue weighted by atomic mass is 35.5. The van der Waals surface area contributed by atoms with Gasteiger partial charge in [-0.3, -0.25) is 14.5 Å². The first kappa shape index (κ1) is 28.0. The molecule has 204 valence electrons. The number of carbonyl (C=O) groups excluding carboxylic acids is 2. The molecular formula is C26H26ClF2N7O3. The van der Waals surface area contributed by atoms with Crippen LogP contribution in [0.15, 0.2) is 36.5 Å². The molecule has 0 saturated carbocycles. The van der Waals surface area contributed by atoms with Gasteiger partial charge in [-0.15, -0.1) is 0 Å². The summed E-state index contributed by atoms with van der Waals surface area (Å²) in [6.45, 7) is 4.50. The Kier molecular flexibility index (Phi) is 9.08. The number of hydrogen-bond donors (Lipinski definition) is 3. The third-order valence-corrected chi connectivity index (χ3v) is 6.51. The van der Waals surface area contributed by atoms with Crippen LogP contribution in [0.5, 0.6) is 5.75 Å². The summed E-state index contributed by atoms with van der Waals surface area (Å²) in [7, 11) is 1.48. The second-order valence-electron chi connectivity index (χ2n) is 8.71. The molecule has 0 aliphatic carbocycles. The smallest absolute Gasteiger partial charge is 0.291 e. The molecule has 1 aliphatic heterocycles. The van der Waals surface area contributed by atoms with Crippen molar-refractivity contribution in [1.82, 2.24) is 25.1 Å². The predicted octanol–water partition coefficient (Wildman–Crippen LogP) is 2.81. The van der Waals surface area contributed by atoms with E-state index in [0.29, 0.717) is 12.2 Å². The molecule has 3 aromatic rings. The lowest BCUT2D eigenvalue weighted by Gasteiger charge is -2.27. The number of nitrogens with one attached hydrogen (secondary N) is 3. The first-order valence-corrected chi connectivity index (χ1v) is 12.5. The number of anilines is 1. The number of halogens is 3. The molecule has 0 bridgehead atoms. The summed E-state index contributed by atoms with van der Waals surface area (Å²) in [6, 6.07) is 8.65. The summed E-state index contributed by atoms with van der Waals surface area (Å²) in [4.78, 5) is 31.8. The molecule has 1 fully saturated rings. The van der Waals surface area contributed by atoms with Crippen molar-refractivity contribution >= 4 is 29.1 Å². The molecule has 3 N–H and O–H groups in total. The number of piperazine rings is 1. The highest BCUT2D eigenvalue weighted by Crippen LogP contribution is 2.30. The Balaban J connectivity index is 1.41. The lowest BCUT2D eigenvalue weighted by Crippen LogP contribution is -2.46. The molecular weight excluding hydrogens is 532 g/mol. The molecule has 0 radical (unpaired) electrons. The predicted molar refractivity (Wildman–Crippen MR) is 141 cm³/mol. The quantitative estimate of drug-likeness (QED) is 0.369. The molecule has 2 amide bonds. The fourth-order valence-corrected chi connectivity index (χ4v) is 4.41. The molecule has 39 heavy (non-hydrogen) atoms. The maximum Gasteiger partial charge on any atom is 0.291 e. The zero-order chi connectivity index (χ0) is 27.9. The molecule has 13 heteroatoms. The number of benzene rings is 2. The lowest BCUT2D eigenvalue weighted by molar-refractivity contribution is 0.0946. The van der Waals surface area contributed by atoms with Crippen molar-refractivity contribution in [2.75, 3.05) is 51.2 Å². The number of aromatic nitrogens is 2. The van der Waals surface area contributed by atoms with Gasteiger partial charge in [-0.05, 0) is 30.3 Å². The summed E-state index contributed by atoms with van der Waals surface area (Å²) in [5.74, 6) is -3.86. The van der Waals surface area contributed by atoms with E-state index in [-0.39, 0.29) is 33.6 Å². The number of nitriles is 1. The number of rotatable bonds is 9. The number of amides is 2. The number of imidazole rings is 1. The van der Waals surface area contributed by atoms with Crippen molar-refractivity contribution in [3.63, 3.8) is 0 Å². The van der Waals surface area contributed by atoms with E-state index in [9.17, 15) is 18.4 Å². The second-order valence-corrected chi connectivity index (χ2v) is 9.12. The van der Waals surface area contributed by atoms with Gasteiger partial charge in [0.05, 0.1) is 22.5 Å². The minimum atomic E-state index is -1.25. The van der Waals surface area contributed by atoms with E-state index in [1.54, 1.807) is 6.07 Å². The number of ether oxygens (including phenoxy) is 1. The topological polar surface area (TPSA) is 124 Å². The normalized spacial score (nSPS) is 13.5. The fourth-order valence-electron chi connectivity index (χ4n) is 4.14. The van der Waals surface area contributed by atoms with E-state index < -0.39 is 29.9 Å². The monoisotopic (exact) mass is 557 g/mol. The van der Waals surface area contributed by atoms with Crippen LogP contribution >= 0.6 is 11.6 Å². The Hall–Kier alpha value is -4.05. The van der Waals surface area contributed by atoms with Crippen LogP contribution in [0.1, 0.15) is 21.0 Å². The number of nitrogens with zero attached hydrogens (tertiary/aromatic N) is 4. The molecule has 1 saturated heterocycles. The Bertz CT molecular complexity index is 1420. The largest absolute Gasteiger partial charge is 0.476 e. The highest BCUT2D eigenvalue weighted by Gasteiger charge is 2.22. The van der Waals surface area contributed by atoms with Gasteiger partial charge in [0, 0.05) is 57.6 Å². The lowest BCUT2D eigenvalue weighted by atomic mass is 10.1. The highest BCUT2D eigenvalue weighted by molar-refractivity contribution is 6.34. The zero-order valence-electron chi connectivity index (χ0n) is 21.1. The van der Waals surface area contributed by atoms with E-state index in [1.165, 1.54) is 48.1 Å². The van der Waals surface area contributed by atoms with Crippen LogP contribution in [-0.2, 0) is 7.05 Å². The van der Waals surface area contributed by atoms with E-state index in [4.69, 9.17) is 21.6 Å². The van der Waals surface area contributed by atoms with E-state index >= 15 is 0 Å². The molecule has 10 nitrogen and oxygen atoms in total. The van der Waals surface area contributed by atoms with E-state index in [1.807, 2.05) is 0 Å². The second kappa shape index (κ2) is 12.7. The van der Waals surface area contributed by atoms with Gasteiger partial charge in [0.2, 0.25) is 5.82 Å². The van der Waals surface area contributed by atoms with Gasteiger partial charge in [0.15, 0.2) is 24.0 Å². The zero-order valence-corrected chi connectivity index (χ0v) is 21.8. The number of carbonyl (C=O) groups is 2. The van der Waals surface area contributed by atoms with Crippen molar-refractivity contribution in [1.29, 1.82) is 5.26 Å². The minimum Gasteiger partial charge on any atom is -0.476 e. The SMILES string of the molecule is Cn1c(-c2ccc(OCC#N)c(F)c2F)cnc1C(=O)Nc1ccc(C(=O)NCCN2CCNCC2)c(Cl)c1. The molecule has 2 heterocycles. The van der Waals surface area contributed by atoms with E-state index in [2.05, 4.69) is 25.8 Å². The Morgan fingerprint density at radius 1 is 1.18 bits per heavy atom. The van der Waals surface area contributed by atoms with Gasteiger partial charge in [0.25, 0.3) is 11.8 Å². The maximum atomic E-state index is 14.7. The van der Waals surface area contributed by atoms with Gasteiger partial charge >= 0.3 is 0 Å². The third-order valence-electron chi connectivity index (χ3n) is 6.20. The number of hydrogen-bond acceptors (Lipinski definition) is 7. The van der Waals surface area contributed by atoms with E-state index in [0.717, 1.165) is 32.7 Å². The molecule has 0 atom stereocenters.